The molecular weight excluding hydrogens is 226 g/mol. The predicted molar refractivity (Wildman–Crippen MR) is 76.9 cm³/mol. The monoisotopic (exact) mass is 257 g/mol. The first kappa shape index (κ1) is 15.9. The van der Waals surface area contributed by atoms with Gasteiger partial charge in [-0.2, -0.15) is 0 Å². The summed E-state index contributed by atoms with van der Waals surface area (Å²) in [6, 6.07) is 0. The van der Waals surface area contributed by atoms with E-state index in [1.807, 2.05) is 0 Å². The van der Waals surface area contributed by atoms with Crippen molar-refractivity contribution in [3.63, 3.8) is 0 Å². The summed E-state index contributed by atoms with van der Waals surface area (Å²) in [5, 5.41) is 12.8. The molecular formula is C14H31N3O. The van der Waals surface area contributed by atoms with E-state index in [1.54, 1.807) is 0 Å². The summed E-state index contributed by atoms with van der Waals surface area (Å²) in [6.07, 6.45) is 0. The van der Waals surface area contributed by atoms with Crippen molar-refractivity contribution < 1.29 is 5.11 Å². The van der Waals surface area contributed by atoms with Crippen LogP contribution >= 0.6 is 0 Å². The van der Waals surface area contributed by atoms with Crippen LogP contribution in [0.2, 0.25) is 0 Å². The van der Waals surface area contributed by atoms with Crippen molar-refractivity contribution in [2.75, 3.05) is 52.9 Å². The highest BCUT2D eigenvalue weighted by molar-refractivity contribution is 4.87. The van der Waals surface area contributed by atoms with E-state index < -0.39 is 0 Å². The second-order valence-electron chi connectivity index (χ2n) is 7.03. The largest absolute Gasteiger partial charge is 0.396 e. The summed E-state index contributed by atoms with van der Waals surface area (Å²) >= 11 is 0. The van der Waals surface area contributed by atoms with Crippen molar-refractivity contribution in [3.8, 4) is 0 Å². The quantitative estimate of drug-likeness (QED) is 0.732. The number of aliphatic hydroxyl groups is 1. The van der Waals surface area contributed by atoms with Crippen molar-refractivity contribution in [2.24, 2.45) is 5.41 Å². The molecule has 4 nitrogen and oxygen atoms in total. The summed E-state index contributed by atoms with van der Waals surface area (Å²) < 4.78 is 0. The summed E-state index contributed by atoms with van der Waals surface area (Å²) in [7, 11) is 2.19. The molecule has 0 bridgehead atoms. The normalized spacial score (nSPS) is 20.3. The second-order valence-corrected chi connectivity index (χ2v) is 7.03. The number of hydrogen-bond donors (Lipinski definition) is 2. The molecule has 1 heterocycles. The molecule has 0 unspecified atom stereocenters. The van der Waals surface area contributed by atoms with E-state index in [1.165, 1.54) is 0 Å². The molecule has 2 N–H and O–H groups in total. The third kappa shape index (κ3) is 4.84. The van der Waals surface area contributed by atoms with Gasteiger partial charge < -0.3 is 15.3 Å². The van der Waals surface area contributed by atoms with Gasteiger partial charge in [-0.05, 0) is 20.9 Å². The lowest BCUT2D eigenvalue weighted by molar-refractivity contribution is 0.0586. The number of aliphatic hydroxyl groups excluding tert-OH is 1. The third-order valence-corrected chi connectivity index (χ3v) is 3.95. The van der Waals surface area contributed by atoms with Crippen molar-refractivity contribution >= 4 is 0 Å². The highest BCUT2D eigenvalue weighted by Gasteiger charge is 2.29. The first-order valence-electron chi connectivity index (χ1n) is 7.02. The molecule has 1 aliphatic heterocycles. The maximum absolute atomic E-state index is 9.25. The van der Waals surface area contributed by atoms with Gasteiger partial charge in [-0.3, -0.25) is 4.90 Å². The maximum Gasteiger partial charge on any atom is 0.0494 e. The Morgan fingerprint density at radius 1 is 1.00 bits per heavy atom. The zero-order chi connectivity index (χ0) is 13.8. The van der Waals surface area contributed by atoms with Crippen LogP contribution < -0.4 is 5.32 Å². The van der Waals surface area contributed by atoms with Crippen molar-refractivity contribution in [2.45, 2.75) is 33.2 Å². The molecule has 108 valence electrons. The maximum atomic E-state index is 9.25. The zero-order valence-corrected chi connectivity index (χ0v) is 12.8. The van der Waals surface area contributed by atoms with Crippen LogP contribution in [0.15, 0.2) is 0 Å². The van der Waals surface area contributed by atoms with Gasteiger partial charge in [0.25, 0.3) is 0 Å². The van der Waals surface area contributed by atoms with Gasteiger partial charge in [-0.25, -0.2) is 0 Å². The smallest absolute Gasteiger partial charge is 0.0494 e. The Kier molecular flexibility index (Phi) is 5.59. The lowest BCUT2D eigenvalue weighted by atomic mass is 9.94. The van der Waals surface area contributed by atoms with Crippen LogP contribution in [0.5, 0.6) is 0 Å². The predicted octanol–water partition coefficient (Wildman–Crippen LogP) is 0.621. The van der Waals surface area contributed by atoms with E-state index in [2.05, 4.69) is 49.9 Å². The Bertz CT molecular complexity index is 245. The van der Waals surface area contributed by atoms with Crippen LogP contribution in [0.25, 0.3) is 0 Å². The van der Waals surface area contributed by atoms with Gasteiger partial charge in [-0.15, -0.1) is 0 Å². The van der Waals surface area contributed by atoms with Gasteiger partial charge >= 0.3 is 0 Å². The summed E-state index contributed by atoms with van der Waals surface area (Å²) in [4.78, 5) is 4.95. The first-order chi connectivity index (χ1) is 8.27. The third-order valence-electron chi connectivity index (χ3n) is 3.95. The van der Waals surface area contributed by atoms with Crippen LogP contribution in [0.1, 0.15) is 27.7 Å². The Morgan fingerprint density at radius 2 is 1.56 bits per heavy atom. The Labute approximate surface area is 112 Å². The van der Waals surface area contributed by atoms with E-state index in [0.717, 1.165) is 39.3 Å². The molecule has 0 aliphatic carbocycles. The van der Waals surface area contributed by atoms with E-state index in [9.17, 15) is 5.11 Å². The minimum atomic E-state index is -0.0296. The van der Waals surface area contributed by atoms with Crippen LogP contribution in [0.4, 0.5) is 0 Å². The highest BCUT2D eigenvalue weighted by Crippen LogP contribution is 2.17. The van der Waals surface area contributed by atoms with Crippen molar-refractivity contribution in [1.29, 1.82) is 0 Å². The zero-order valence-electron chi connectivity index (χ0n) is 12.8. The van der Waals surface area contributed by atoms with Crippen LogP contribution in [0, 0.1) is 5.41 Å². The molecule has 1 rings (SSSR count). The molecule has 1 aliphatic rings. The Morgan fingerprint density at radius 3 is 2.06 bits per heavy atom. The molecule has 0 aromatic heterocycles. The van der Waals surface area contributed by atoms with Gasteiger partial charge in [0.1, 0.15) is 0 Å². The van der Waals surface area contributed by atoms with Gasteiger partial charge in [0.2, 0.25) is 0 Å². The van der Waals surface area contributed by atoms with Crippen LogP contribution in [0.3, 0.4) is 0 Å². The number of piperazine rings is 1. The summed E-state index contributed by atoms with van der Waals surface area (Å²) in [5.74, 6) is 0. The fourth-order valence-corrected chi connectivity index (χ4v) is 2.29. The van der Waals surface area contributed by atoms with Crippen molar-refractivity contribution in [3.05, 3.63) is 0 Å². The standard InChI is InChI=1S/C14H31N3O/c1-13(2,12-18)10-15-11-14(3,4)17-8-6-16(5)7-9-17/h15,18H,6-12H2,1-5H3. The molecule has 18 heavy (non-hydrogen) atoms. The number of likely N-dealkylation sites (N-methyl/N-ethyl adjacent to an activating group) is 1. The van der Waals surface area contributed by atoms with Crippen LogP contribution in [-0.2, 0) is 0 Å². The first-order valence-corrected chi connectivity index (χ1v) is 7.02. The molecule has 1 saturated heterocycles. The summed E-state index contributed by atoms with van der Waals surface area (Å²) in [5.41, 5.74) is 0.158. The number of rotatable bonds is 6. The summed E-state index contributed by atoms with van der Waals surface area (Å²) in [6.45, 7) is 15.5. The van der Waals surface area contributed by atoms with Gasteiger partial charge in [0.15, 0.2) is 0 Å². The Balaban J connectivity index is 2.35. The molecule has 0 atom stereocenters. The van der Waals surface area contributed by atoms with Gasteiger partial charge in [-0.1, -0.05) is 13.8 Å². The second kappa shape index (κ2) is 6.33. The van der Waals surface area contributed by atoms with Crippen LogP contribution in [-0.4, -0.2) is 73.4 Å². The molecule has 0 saturated carbocycles. The number of nitrogens with zero attached hydrogens (tertiary/aromatic N) is 2. The fourth-order valence-electron chi connectivity index (χ4n) is 2.29. The van der Waals surface area contributed by atoms with Gasteiger partial charge in [0, 0.05) is 56.8 Å². The minimum absolute atomic E-state index is 0.0296. The average Bonchev–Trinajstić information content (AvgIpc) is 2.29. The van der Waals surface area contributed by atoms with Crippen molar-refractivity contribution in [1.82, 2.24) is 15.1 Å². The lowest BCUT2D eigenvalue weighted by Crippen LogP contribution is -2.57. The molecule has 4 heteroatoms. The van der Waals surface area contributed by atoms with E-state index in [-0.39, 0.29) is 17.6 Å². The number of nitrogens with one attached hydrogen (secondary N) is 1. The SMILES string of the molecule is CN1CCN(C(C)(C)CNCC(C)(C)CO)CC1. The molecule has 1 fully saturated rings. The Hall–Kier alpha value is -0.160. The minimum Gasteiger partial charge on any atom is -0.396 e. The van der Waals surface area contributed by atoms with E-state index >= 15 is 0 Å². The lowest BCUT2D eigenvalue weighted by Gasteiger charge is -2.43. The molecule has 0 aromatic carbocycles. The molecule has 0 amide bonds. The topological polar surface area (TPSA) is 38.7 Å². The van der Waals surface area contributed by atoms with E-state index in [0.29, 0.717) is 0 Å². The average molecular weight is 257 g/mol. The molecule has 0 radical (unpaired) electrons. The van der Waals surface area contributed by atoms with Gasteiger partial charge in [0.05, 0.1) is 0 Å². The number of hydrogen-bond acceptors (Lipinski definition) is 4. The molecule has 0 spiro atoms. The van der Waals surface area contributed by atoms with E-state index in [4.69, 9.17) is 0 Å². The fraction of sp³-hybridized carbons (Fsp3) is 1.00. The molecule has 0 aromatic rings. The highest BCUT2D eigenvalue weighted by atomic mass is 16.3.